The number of carbonyl (C=O) groups excluding carboxylic acids is 1. The van der Waals surface area contributed by atoms with Crippen LogP contribution in [0.5, 0.6) is 0 Å². The van der Waals surface area contributed by atoms with E-state index in [1.165, 1.54) is 5.57 Å². The van der Waals surface area contributed by atoms with Gasteiger partial charge in [0.2, 0.25) is 5.91 Å². The average Bonchev–Trinajstić information content (AvgIpc) is 2.51. The van der Waals surface area contributed by atoms with E-state index in [9.17, 15) is 9.90 Å². The van der Waals surface area contributed by atoms with Gasteiger partial charge in [-0.3, -0.25) is 4.79 Å². The number of piperidine rings is 2. The van der Waals surface area contributed by atoms with E-state index in [-0.39, 0.29) is 24.0 Å². The zero-order chi connectivity index (χ0) is 16.9. The van der Waals surface area contributed by atoms with Crippen LogP contribution in [0.25, 0.3) is 0 Å². The molecule has 2 atom stereocenters. The maximum atomic E-state index is 12.2. The Morgan fingerprint density at radius 1 is 1.35 bits per heavy atom. The number of amides is 1. The second-order valence-electron chi connectivity index (χ2n) is 7.37. The molecule has 2 aliphatic rings. The highest BCUT2D eigenvalue weighted by molar-refractivity contribution is 5.77. The quantitative estimate of drug-likeness (QED) is 0.782. The first-order valence-corrected chi connectivity index (χ1v) is 8.77. The van der Waals surface area contributed by atoms with Crippen molar-refractivity contribution < 1.29 is 14.6 Å². The lowest BCUT2D eigenvalue weighted by Gasteiger charge is -2.51. The smallest absolute Gasteiger partial charge is 0.248 e. The molecular formula is C18H32N2O3. The number of aliphatic hydroxyl groups excluding tert-OH is 1. The van der Waals surface area contributed by atoms with Crippen LogP contribution >= 0.6 is 0 Å². The fourth-order valence-electron chi connectivity index (χ4n) is 3.96. The van der Waals surface area contributed by atoms with Crippen molar-refractivity contribution in [1.29, 1.82) is 0 Å². The van der Waals surface area contributed by atoms with Gasteiger partial charge in [0.15, 0.2) is 0 Å². The zero-order valence-electron chi connectivity index (χ0n) is 14.9. The summed E-state index contributed by atoms with van der Waals surface area (Å²) >= 11 is 0. The summed E-state index contributed by atoms with van der Waals surface area (Å²) in [5, 5.41) is 10.6. The molecule has 0 bridgehead atoms. The molecule has 5 heteroatoms. The Morgan fingerprint density at radius 2 is 2.13 bits per heavy atom. The van der Waals surface area contributed by atoms with E-state index in [1.807, 2.05) is 4.90 Å². The Kier molecular flexibility index (Phi) is 6.62. The van der Waals surface area contributed by atoms with Gasteiger partial charge in [0.05, 0.1) is 6.10 Å². The van der Waals surface area contributed by atoms with Crippen LogP contribution in [0.15, 0.2) is 11.6 Å². The molecule has 1 amide bonds. The third-order valence-electron chi connectivity index (χ3n) is 5.19. The van der Waals surface area contributed by atoms with Gasteiger partial charge < -0.3 is 19.6 Å². The molecule has 132 valence electrons. The molecule has 0 aromatic rings. The van der Waals surface area contributed by atoms with Crippen molar-refractivity contribution >= 4 is 5.91 Å². The lowest BCUT2D eigenvalue weighted by atomic mass is 9.71. The molecule has 0 saturated carbocycles. The lowest BCUT2D eigenvalue weighted by molar-refractivity contribution is -0.145. The molecule has 1 spiro atoms. The standard InChI is InChI=1S/C18H32N2O3/c1-15(2)6-4-9-19-11-7-16(21)18(13-19)8-5-10-20(14-18)17(22)12-23-3/h6,16,21H,4-5,7-14H2,1-3H3/t16-,18-/m1/s1. The molecule has 5 nitrogen and oxygen atoms in total. The van der Waals surface area contributed by atoms with Crippen LogP contribution in [0.2, 0.25) is 0 Å². The van der Waals surface area contributed by atoms with E-state index in [4.69, 9.17) is 4.74 Å². The molecular weight excluding hydrogens is 292 g/mol. The zero-order valence-corrected chi connectivity index (χ0v) is 14.9. The van der Waals surface area contributed by atoms with Crippen molar-refractivity contribution in [1.82, 2.24) is 9.80 Å². The molecule has 0 radical (unpaired) electrons. The van der Waals surface area contributed by atoms with Crippen LogP contribution in [-0.4, -0.2) is 73.4 Å². The minimum atomic E-state index is -0.305. The van der Waals surface area contributed by atoms with Gasteiger partial charge in [-0.1, -0.05) is 11.6 Å². The van der Waals surface area contributed by atoms with Gasteiger partial charge in [-0.2, -0.15) is 0 Å². The number of ether oxygens (including phenoxy) is 1. The van der Waals surface area contributed by atoms with Gasteiger partial charge in [0.25, 0.3) is 0 Å². The predicted octanol–water partition coefficient (Wildman–Crippen LogP) is 1.66. The highest BCUT2D eigenvalue weighted by atomic mass is 16.5. The minimum Gasteiger partial charge on any atom is -0.392 e. The van der Waals surface area contributed by atoms with Gasteiger partial charge in [0.1, 0.15) is 6.61 Å². The third-order valence-corrected chi connectivity index (χ3v) is 5.19. The van der Waals surface area contributed by atoms with Crippen molar-refractivity contribution in [3.8, 4) is 0 Å². The molecule has 2 saturated heterocycles. The molecule has 1 N–H and O–H groups in total. The van der Waals surface area contributed by atoms with Gasteiger partial charge in [-0.15, -0.1) is 0 Å². The van der Waals surface area contributed by atoms with E-state index in [0.717, 1.165) is 51.9 Å². The monoisotopic (exact) mass is 324 g/mol. The van der Waals surface area contributed by atoms with Crippen LogP contribution in [0.1, 0.15) is 39.5 Å². The van der Waals surface area contributed by atoms with Crippen molar-refractivity contribution in [2.24, 2.45) is 5.41 Å². The molecule has 2 fully saturated rings. The Hall–Kier alpha value is -0.910. The lowest BCUT2D eigenvalue weighted by Crippen LogP contribution is -2.60. The molecule has 2 aliphatic heterocycles. The van der Waals surface area contributed by atoms with Crippen LogP contribution in [-0.2, 0) is 9.53 Å². The van der Waals surface area contributed by atoms with Gasteiger partial charge in [0, 0.05) is 45.2 Å². The average molecular weight is 324 g/mol. The topological polar surface area (TPSA) is 53.0 Å². The molecule has 0 aromatic carbocycles. The molecule has 2 heterocycles. The van der Waals surface area contributed by atoms with E-state index >= 15 is 0 Å². The van der Waals surface area contributed by atoms with Crippen molar-refractivity contribution in [3.05, 3.63) is 11.6 Å². The highest BCUT2D eigenvalue weighted by Crippen LogP contribution is 2.38. The highest BCUT2D eigenvalue weighted by Gasteiger charge is 2.46. The Bertz CT molecular complexity index is 434. The normalized spacial score (nSPS) is 28.9. The number of likely N-dealkylation sites (tertiary alicyclic amines) is 2. The van der Waals surface area contributed by atoms with Crippen LogP contribution < -0.4 is 0 Å². The summed E-state index contributed by atoms with van der Waals surface area (Å²) in [5.74, 6) is 0.0421. The minimum absolute atomic E-state index is 0.0421. The number of allylic oxidation sites excluding steroid dienone is 1. The number of hydrogen-bond acceptors (Lipinski definition) is 4. The molecule has 23 heavy (non-hydrogen) atoms. The van der Waals surface area contributed by atoms with Crippen LogP contribution in [0, 0.1) is 5.41 Å². The first-order chi connectivity index (χ1) is 11.0. The number of rotatable bonds is 5. The maximum absolute atomic E-state index is 12.2. The Labute approximate surface area is 140 Å². The molecule has 0 aliphatic carbocycles. The second kappa shape index (κ2) is 8.27. The van der Waals surface area contributed by atoms with Gasteiger partial charge in [-0.25, -0.2) is 0 Å². The number of carbonyl (C=O) groups is 1. The van der Waals surface area contributed by atoms with E-state index in [2.05, 4.69) is 24.8 Å². The summed E-state index contributed by atoms with van der Waals surface area (Å²) in [6, 6.07) is 0. The summed E-state index contributed by atoms with van der Waals surface area (Å²) in [7, 11) is 1.55. The molecule has 0 aromatic heterocycles. The maximum Gasteiger partial charge on any atom is 0.248 e. The number of hydrogen-bond donors (Lipinski definition) is 1. The second-order valence-corrected chi connectivity index (χ2v) is 7.37. The van der Waals surface area contributed by atoms with Crippen LogP contribution in [0.3, 0.4) is 0 Å². The van der Waals surface area contributed by atoms with E-state index < -0.39 is 0 Å². The predicted molar refractivity (Wildman–Crippen MR) is 91.2 cm³/mol. The Balaban J connectivity index is 1.99. The summed E-state index contributed by atoms with van der Waals surface area (Å²) in [6.45, 7) is 8.71. The first-order valence-electron chi connectivity index (χ1n) is 8.77. The first kappa shape index (κ1) is 18.4. The third kappa shape index (κ3) is 4.78. The fourth-order valence-corrected chi connectivity index (χ4v) is 3.96. The largest absolute Gasteiger partial charge is 0.392 e. The van der Waals surface area contributed by atoms with Crippen molar-refractivity contribution in [2.75, 3.05) is 46.4 Å². The van der Waals surface area contributed by atoms with E-state index in [1.54, 1.807) is 7.11 Å². The van der Waals surface area contributed by atoms with E-state index in [0.29, 0.717) is 6.54 Å². The number of nitrogens with zero attached hydrogens (tertiary/aromatic N) is 2. The van der Waals surface area contributed by atoms with Crippen molar-refractivity contribution in [2.45, 2.75) is 45.6 Å². The fraction of sp³-hybridized carbons (Fsp3) is 0.833. The van der Waals surface area contributed by atoms with Gasteiger partial charge >= 0.3 is 0 Å². The molecule has 2 rings (SSSR count). The number of methoxy groups -OCH3 is 1. The summed E-state index contributed by atoms with van der Waals surface area (Å²) in [4.78, 5) is 16.5. The number of aliphatic hydroxyl groups is 1. The summed E-state index contributed by atoms with van der Waals surface area (Å²) < 4.78 is 4.99. The van der Waals surface area contributed by atoms with Crippen molar-refractivity contribution in [3.63, 3.8) is 0 Å². The molecule has 0 unspecified atom stereocenters. The summed E-state index contributed by atoms with van der Waals surface area (Å²) in [5.41, 5.74) is 1.19. The SMILES string of the molecule is COCC(=O)N1CCC[C@@]2(CN(CCC=C(C)C)CC[C@H]2O)C1. The van der Waals surface area contributed by atoms with Crippen LogP contribution in [0.4, 0.5) is 0 Å². The summed E-state index contributed by atoms with van der Waals surface area (Å²) in [6.07, 6.45) is 5.80. The Morgan fingerprint density at radius 3 is 2.83 bits per heavy atom. The van der Waals surface area contributed by atoms with Gasteiger partial charge in [-0.05, 0) is 39.5 Å².